The number of ether oxygens (including phenoxy) is 1. The first kappa shape index (κ1) is 20.4. The molecule has 1 aromatic carbocycles. The van der Waals surface area contributed by atoms with Gasteiger partial charge in [0.2, 0.25) is 10.0 Å². The lowest BCUT2D eigenvalue weighted by Crippen LogP contribution is -2.50. The van der Waals surface area contributed by atoms with Gasteiger partial charge < -0.3 is 20.1 Å². The smallest absolute Gasteiger partial charge is 0.308 e. The summed E-state index contributed by atoms with van der Waals surface area (Å²) < 4.78 is 30.7. The van der Waals surface area contributed by atoms with Crippen molar-refractivity contribution in [2.24, 2.45) is 11.8 Å². The van der Waals surface area contributed by atoms with Gasteiger partial charge in [-0.25, -0.2) is 8.42 Å². The number of carboxylic acid groups (broad SMARTS) is 1. The van der Waals surface area contributed by atoms with Gasteiger partial charge in [-0.2, -0.15) is 4.31 Å². The summed E-state index contributed by atoms with van der Waals surface area (Å²) in [5, 5.41) is 13.1. The fraction of sp³-hybridized carbons (Fsp3) is 0.650. The third-order valence-electron chi connectivity index (χ3n) is 6.46. The van der Waals surface area contributed by atoms with Crippen LogP contribution in [0.4, 0.5) is 5.69 Å². The maximum atomic E-state index is 11.7. The summed E-state index contributed by atoms with van der Waals surface area (Å²) >= 11 is 0. The first-order valence-electron chi connectivity index (χ1n) is 10.2. The third kappa shape index (κ3) is 4.51. The van der Waals surface area contributed by atoms with Crippen LogP contribution in [0.3, 0.4) is 0 Å². The fourth-order valence-electron chi connectivity index (χ4n) is 4.94. The number of nitrogens with zero attached hydrogens (tertiary/aromatic N) is 2. The summed E-state index contributed by atoms with van der Waals surface area (Å²) in [4.78, 5) is 13.9. The van der Waals surface area contributed by atoms with Crippen molar-refractivity contribution in [2.75, 3.05) is 43.9 Å². The van der Waals surface area contributed by atoms with Crippen LogP contribution in [0, 0.1) is 11.8 Å². The summed E-state index contributed by atoms with van der Waals surface area (Å²) in [7, 11) is -3.13. The molecule has 3 heterocycles. The van der Waals surface area contributed by atoms with Gasteiger partial charge >= 0.3 is 5.97 Å². The highest BCUT2D eigenvalue weighted by molar-refractivity contribution is 7.88. The van der Waals surface area contributed by atoms with Crippen LogP contribution in [0.1, 0.15) is 19.3 Å². The van der Waals surface area contributed by atoms with Crippen molar-refractivity contribution in [2.45, 2.75) is 31.3 Å². The number of carbonyl (C=O) groups is 1. The van der Waals surface area contributed by atoms with E-state index < -0.39 is 16.0 Å². The minimum atomic E-state index is -3.13. The predicted octanol–water partition coefficient (Wildman–Crippen LogP) is 0.988. The number of sulfonamides is 1. The van der Waals surface area contributed by atoms with Crippen molar-refractivity contribution in [3.8, 4) is 5.75 Å². The lowest BCUT2D eigenvalue weighted by Gasteiger charge is -2.35. The van der Waals surface area contributed by atoms with Crippen LogP contribution in [0.25, 0.3) is 0 Å². The van der Waals surface area contributed by atoms with Crippen LogP contribution in [0.5, 0.6) is 5.75 Å². The number of piperidine rings is 1. The average molecular weight is 424 g/mol. The van der Waals surface area contributed by atoms with Crippen molar-refractivity contribution in [1.82, 2.24) is 9.62 Å². The van der Waals surface area contributed by atoms with Gasteiger partial charge in [0, 0.05) is 49.9 Å². The predicted molar refractivity (Wildman–Crippen MR) is 110 cm³/mol. The number of hydrogen-bond acceptors (Lipinski definition) is 6. The van der Waals surface area contributed by atoms with E-state index in [2.05, 4.69) is 10.2 Å². The van der Waals surface area contributed by atoms with Crippen LogP contribution in [0.2, 0.25) is 0 Å². The molecule has 4 rings (SSSR count). The molecule has 2 N–H and O–H groups in total. The standard InChI is InChI=1S/C20H29N3O5S/c1-29(26,27)23-10-8-22(9-11-23)16-3-5-17(6-4-16)28-13-14-12-15-2-7-18(21-15)19(14)20(24)25/h3-6,14-15,18-19,21H,2,7-13H2,1H3,(H,24,25). The number of fused-ring (bicyclic) bond motifs is 2. The summed E-state index contributed by atoms with van der Waals surface area (Å²) in [6.45, 7) is 2.71. The molecule has 8 nitrogen and oxygen atoms in total. The lowest BCUT2D eigenvalue weighted by molar-refractivity contribution is -0.146. The number of rotatable bonds is 6. The van der Waals surface area contributed by atoms with E-state index in [-0.39, 0.29) is 17.9 Å². The second-order valence-corrected chi connectivity index (χ2v) is 10.3. The van der Waals surface area contributed by atoms with Crippen LogP contribution in [-0.2, 0) is 14.8 Å². The van der Waals surface area contributed by atoms with Gasteiger partial charge in [0.25, 0.3) is 0 Å². The molecule has 0 saturated carbocycles. The molecule has 0 radical (unpaired) electrons. The Morgan fingerprint density at radius 3 is 2.48 bits per heavy atom. The summed E-state index contributed by atoms with van der Waals surface area (Å²) in [6, 6.07) is 8.25. The second kappa shape index (κ2) is 8.12. The Morgan fingerprint density at radius 2 is 1.86 bits per heavy atom. The molecular weight excluding hydrogens is 394 g/mol. The fourth-order valence-corrected chi connectivity index (χ4v) is 5.77. The molecule has 0 spiro atoms. The van der Waals surface area contributed by atoms with Crippen molar-refractivity contribution in [3.05, 3.63) is 24.3 Å². The highest BCUT2D eigenvalue weighted by Crippen LogP contribution is 2.36. The topological polar surface area (TPSA) is 99.2 Å². The van der Waals surface area contributed by atoms with E-state index in [9.17, 15) is 18.3 Å². The Labute approximate surface area is 171 Å². The van der Waals surface area contributed by atoms with E-state index in [1.807, 2.05) is 24.3 Å². The third-order valence-corrected chi connectivity index (χ3v) is 7.77. The Balaban J connectivity index is 1.33. The molecule has 2 bridgehead atoms. The quantitative estimate of drug-likeness (QED) is 0.704. The lowest BCUT2D eigenvalue weighted by atomic mass is 9.82. The first-order chi connectivity index (χ1) is 13.8. The highest BCUT2D eigenvalue weighted by atomic mass is 32.2. The Bertz CT molecular complexity index is 836. The van der Waals surface area contributed by atoms with E-state index in [0.717, 1.165) is 30.7 Å². The van der Waals surface area contributed by atoms with Crippen LogP contribution in [0.15, 0.2) is 24.3 Å². The summed E-state index contributed by atoms with van der Waals surface area (Å²) in [6.07, 6.45) is 4.07. The Morgan fingerprint density at radius 1 is 1.17 bits per heavy atom. The van der Waals surface area contributed by atoms with Crippen molar-refractivity contribution in [3.63, 3.8) is 0 Å². The van der Waals surface area contributed by atoms with Gasteiger partial charge in [-0.05, 0) is 43.5 Å². The zero-order valence-electron chi connectivity index (χ0n) is 16.7. The van der Waals surface area contributed by atoms with Gasteiger partial charge in [0.05, 0.1) is 18.8 Å². The molecule has 3 saturated heterocycles. The molecule has 3 aliphatic rings. The number of carboxylic acids is 1. The molecule has 3 aliphatic heterocycles. The molecule has 9 heteroatoms. The van der Waals surface area contributed by atoms with Crippen molar-refractivity contribution < 1.29 is 23.1 Å². The van der Waals surface area contributed by atoms with Crippen LogP contribution in [-0.4, -0.2) is 74.9 Å². The van der Waals surface area contributed by atoms with Gasteiger partial charge in [-0.15, -0.1) is 0 Å². The minimum absolute atomic E-state index is 0.0231. The van der Waals surface area contributed by atoms with E-state index in [1.165, 1.54) is 10.6 Å². The largest absolute Gasteiger partial charge is 0.493 e. The molecule has 4 atom stereocenters. The first-order valence-corrected chi connectivity index (χ1v) is 12.1. The van der Waals surface area contributed by atoms with E-state index in [1.54, 1.807) is 0 Å². The molecule has 3 fully saturated rings. The molecule has 29 heavy (non-hydrogen) atoms. The molecule has 160 valence electrons. The molecule has 0 amide bonds. The van der Waals surface area contributed by atoms with Crippen molar-refractivity contribution in [1.29, 1.82) is 0 Å². The maximum absolute atomic E-state index is 11.7. The number of anilines is 1. The van der Waals surface area contributed by atoms with Crippen molar-refractivity contribution >= 4 is 21.7 Å². The summed E-state index contributed by atoms with van der Waals surface area (Å²) in [5.41, 5.74) is 1.04. The van der Waals surface area contributed by atoms with Gasteiger partial charge in [-0.1, -0.05) is 0 Å². The Kier molecular flexibility index (Phi) is 5.72. The van der Waals surface area contributed by atoms with Crippen LogP contribution >= 0.6 is 0 Å². The number of piperazine rings is 1. The number of benzene rings is 1. The number of aliphatic carboxylic acids is 1. The zero-order chi connectivity index (χ0) is 20.6. The summed E-state index contributed by atoms with van der Waals surface area (Å²) in [5.74, 6) is -0.368. The normalized spacial score (nSPS) is 30.3. The van der Waals surface area contributed by atoms with Gasteiger partial charge in [0.1, 0.15) is 5.75 Å². The zero-order valence-corrected chi connectivity index (χ0v) is 17.5. The number of nitrogens with one attached hydrogen (secondary N) is 1. The molecular formula is C20H29N3O5S. The maximum Gasteiger partial charge on any atom is 0.308 e. The van der Waals surface area contributed by atoms with E-state index in [0.29, 0.717) is 38.8 Å². The molecule has 4 unspecified atom stereocenters. The SMILES string of the molecule is CS(=O)(=O)N1CCN(c2ccc(OCC3CC4CCC(N4)C3C(=O)O)cc2)CC1. The van der Waals surface area contributed by atoms with Gasteiger partial charge in [0.15, 0.2) is 0 Å². The van der Waals surface area contributed by atoms with E-state index >= 15 is 0 Å². The Hall–Kier alpha value is -1.84. The average Bonchev–Trinajstić information content (AvgIpc) is 3.06. The number of hydrogen-bond donors (Lipinski definition) is 2. The minimum Gasteiger partial charge on any atom is -0.493 e. The highest BCUT2D eigenvalue weighted by Gasteiger charge is 2.45. The van der Waals surface area contributed by atoms with Gasteiger partial charge in [-0.3, -0.25) is 4.79 Å². The molecule has 0 aliphatic carbocycles. The monoisotopic (exact) mass is 423 g/mol. The van der Waals surface area contributed by atoms with Crippen LogP contribution < -0.4 is 15.0 Å². The second-order valence-electron chi connectivity index (χ2n) is 8.36. The molecule has 1 aromatic rings. The molecule has 0 aromatic heterocycles. The van der Waals surface area contributed by atoms with E-state index in [4.69, 9.17) is 4.74 Å².